The number of aliphatic carboxylic acids is 1. The van der Waals surface area contributed by atoms with E-state index < -0.39 is 11.8 Å². The van der Waals surface area contributed by atoms with Gasteiger partial charge in [0.2, 0.25) is 0 Å². The molecule has 0 amide bonds. The van der Waals surface area contributed by atoms with Crippen LogP contribution >= 0.6 is 0 Å². The van der Waals surface area contributed by atoms with Crippen LogP contribution in [0, 0.1) is 0 Å². The van der Waals surface area contributed by atoms with Crippen molar-refractivity contribution in [2.45, 2.75) is 109 Å². The molecule has 0 atom stereocenters. The van der Waals surface area contributed by atoms with Crippen LogP contribution in [0.4, 0.5) is 0 Å². The Hall–Kier alpha value is -0.610. The van der Waals surface area contributed by atoms with Crippen LogP contribution in [0.3, 0.4) is 0 Å². The largest absolute Gasteiger partial charge is 0.481 e. The summed E-state index contributed by atoms with van der Waals surface area (Å²) in [4.78, 5) is 10.3. The molecule has 0 aromatic heterocycles. The number of carbonyl (C=O) groups is 1. The molecule has 0 aromatic rings. The first-order valence-corrected chi connectivity index (χ1v) is 9.14. The summed E-state index contributed by atoms with van der Waals surface area (Å²) in [6, 6.07) is 0. The second-order valence-electron chi connectivity index (χ2n) is 6.52. The highest BCUT2D eigenvalue weighted by Crippen LogP contribution is 2.19. The highest BCUT2D eigenvalue weighted by Gasteiger charge is 2.20. The molecule has 4 nitrogen and oxygen atoms in total. The van der Waals surface area contributed by atoms with Gasteiger partial charge in [0.25, 0.3) is 0 Å². The van der Waals surface area contributed by atoms with Crippen molar-refractivity contribution >= 4 is 5.97 Å². The van der Waals surface area contributed by atoms with Gasteiger partial charge in [-0.15, -0.1) is 0 Å². The minimum absolute atomic E-state index is 0.301. The van der Waals surface area contributed by atoms with Crippen LogP contribution in [0.25, 0.3) is 0 Å². The van der Waals surface area contributed by atoms with Crippen LogP contribution in [-0.2, 0) is 4.79 Å². The van der Waals surface area contributed by atoms with Crippen molar-refractivity contribution in [3.8, 4) is 0 Å². The van der Waals surface area contributed by atoms with E-state index >= 15 is 0 Å². The predicted molar refractivity (Wildman–Crippen MR) is 89.7 cm³/mol. The van der Waals surface area contributed by atoms with E-state index in [-0.39, 0.29) is 0 Å². The minimum Gasteiger partial charge on any atom is -0.481 e. The van der Waals surface area contributed by atoms with Gasteiger partial charge < -0.3 is 15.3 Å². The summed E-state index contributed by atoms with van der Waals surface area (Å²) in [5.41, 5.74) is 0. The van der Waals surface area contributed by atoms with Gasteiger partial charge in [-0.25, -0.2) is 0 Å². The molecule has 0 aromatic carbocycles. The first kappa shape index (κ1) is 21.4. The van der Waals surface area contributed by atoms with Gasteiger partial charge in [-0.2, -0.15) is 0 Å². The minimum atomic E-state index is -1.45. The van der Waals surface area contributed by atoms with Gasteiger partial charge in [0.1, 0.15) is 0 Å². The summed E-state index contributed by atoms with van der Waals surface area (Å²) in [7, 11) is 0. The van der Waals surface area contributed by atoms with Gasteiger partial charge >= 0.3 is 5.97 Å². The number of carboxylic acids is 1. The Morgan fingerprint density at radius 3 is 1.59 bits per heavy atom. The van der Waals surface area contributed by atoms with Crippen LogP contribution < -0.4 is 0 Å². The van der Waals surface area contributed by atoms with Gasteiger partial charge in [-0.1, -0.05) is 64.7 Å². The number of hydrogen-bond donors (Lipinski definition) is 3. The fourth-order valence-corrected chi connectivity index (χ4v) is 2.68. The summed E-state index contributed by atoms with van der Waals surface area (Å²) in [5.74, 6) is -2.14. The van der Waals surface area contributed by atoms with Crippen LogP contribution in [0.5, 0.6) is 0 Å². The molecular weight excluding hydrogens is 280 g/mol. The number of aliphatic hydroxyl groups is 2. The molecule has 0 unspecified atom stereocenters. The lowest BCUT2D eigenvalue weighted by atomic mass is 10.0. The molecule has 132 valence electrons. The Bertz CT molecular complexity index is 264. The molecule has 0 saturated heterocycles. The monoisotopic (exact) mass is 316 g/mol. The van der Waals surface area contributed by atoms with E-state index in [9.17, 15) is 15.0 Å². The van der Waals surface area contributed by atoms with Crippen LogP contribution in [0.15, 0.2) is 0 Å². The lowest BCUT2D eigenvalue weighted by Gasteiger charge is -2.21. The molecule has 0 aliphatic carbocycles. The first-order valence-electron chi connectivity index (χ1n) is 9.14. The maximum absolute atomic E-state index is 10.3. The zero-order valence-corrected chi connectivity index (χ0v) is 14.4. The standard InChI is InChI=1S/C18H36O4/c1-2-3-15-18(21,22)16-13-11-9-7-5-4-6-8-10-12-14-17(19)20/h21-22H,2-16H2,1H3,(H,19,20). The lowest BCUT2D eigenvalue weighted by Crippen LogP contribution is -2.27. The van der Waals surface area contributed by atoms with Crippen molar-refractivity contribution in [3.05, 3.63) is 0 Å². The predicted octanol–water partition coefficient (Wildman–Crippen LogP) is 4.62. The summed E-state index contributed by atoms with van der Waals surface area (Å²) in [6.07, 6.45) is 14.2. The zero-order valence-electron chi connectivity index (χ0n) is 14.4. The van der Waals surface area contributed by atoms with Crippen molar-refractivity contribution in [2.24, 2.45) is 0 Å². The van der Waals surface area contributed by atoms with Gasteiger partial charge in [0, 0.05) is 19.3 Å². The molecular formula is C18H36O4. The molecule has 0 aliphatic heterocycles. The molecule has 0 heterocycles. The average molecular weight is 316 g/mol. The number of carboxylic acid groups (broad SMARTS) is 1. The maximum atomic E-state index is 10.3. The van der Waals surface area contributed by atoms with E-state index in [2.05, 4.69) is 6.92 Å². The third-order valence-electron chi connectivity index (χ3n) is 4.15. The van der Waals surface area contributed by atoms with Crippen molar-refractivity contribution in [1.29, 1.82) is 0 Å². The van der Waals surface area contributed by atoms with Crippen molar-refractivity contribution in [1.82, 2.24) is 0 Å². The SMILES string of the molecule is CCCCC(O)(O)CCCCCCCCCCCCC(=O)O. The Kier molecular flexibility index (Phi) is 13.6. The van der Waals surface area contributed by atoms with E-state index in [1.165, 1.54) is 32.1 Å². The Labute approximate surface area is 135 Å². The van der Waals surface area contributed by atoms with Gasteiger partial charge in [0.15, 0.2) is 5.79 Å². The molecule has 4 heteroatoms. The maximum Gasteiger partial charge on any atom is 0.303 e. The van der Waals surface area contributed by atoms with E-state index in [1.54, 1.807) is 0 Å². The average Bonchev–Trinajstić information content (AvgIpc) is 2.46. The second-order valence-corrected chi connectivity index (χ2v) is 6.52. The molecule has 0 rings (SSSR count). The third kappa shape index (κ3) is 15.8. The lowest BCUT2D eigenvalue weighted by molar-refractivity contribution is -0.171. The normalized spacial score (nSPS) is 11.8. The molecule has 0 saturated carbocycles. The highest BCUT2D eigenvalue weighted by molar-refractivity contribution is 5.66. The Balaban J connectivity index is 3.22. The number of rotatable bonds is 16. The number of unbranched alkanes of at least 4 members (excludes halogenated alkanes) is 10. The summed E-state index contributed by atoms with van der Waals surface area (Å²) in [6.45, 7) is 2.06. The van der Waals surface area contributed by atoms with Crippen LogP contribution in [0.2, 0.25) is 0 Å². The molecule has 0 aliphatic rings. The van der Waals surface area contributed by atoms with Crippen molar-refractivity contribution < 1.29 is 20.1 Å². The van der Waals surface area contributed by atoms with Crippen LogP contribution in [-0.4, -0.2) is 27.1 Å². The smallest absolute Gasteiger partial charge is 0.303 e. The fourth-order valence-electron chi connectivity index (χ4n) is 2.68. The summed E-state index contributed by atoms with van der Waals surface area (Å²) < 4.78 is 0. The van der Waals surface area contributed by atoms with Crippen LogP contribution in [0.1, 0.15) is 103 Å². The Morgan fingerprint density at radius 1 is 0.727 bits per heavy atom. The van der Waals surface area contributed by atoms with Gasteiger partial charge in [-0.05, 0) is 19.3 Å². The quantitative estimate of drug-likeness (QED) is 0.287. The topological polar surface area (TPSA) is 77.8 Å². The molecule has 3 N–H and O–H groups in total. The highest BCUT2D eigenvalue weighted by atomic mass is 16.5. The molecule has 0 radical (unpaired) electrons. The fraction of sp³-hybridized carbons (Fsp3) is 0.944. The van der Waals surface area contributed by atoms with E-state index in [1.807, 2.05) is 0 Å². The molecule has 0 bridgehead atoms. The van der Waals surface area contributed by atoms with E-state index in [0.29, 0.717) is 19.3 Å². The first-order chi connectivity index (χ1) is 10.5. The van der Waals surface area contributed by atoms with Crippen molar-refractivity contribution in [2.75, 3.05) is 0 Å². The summed E-state index contributed by atoms with van der Waals surface area (Å²) in [5, 5.41) is 28.0. The Morgan fingerprint density at radius 2 is 1.14 bits per heavy atom. The van der Waals surface area contributed by atoms with Crippen molar-refractivity contribution in [3.63, 3.8) is 0 Å². The summed E-state index contributed by atoms with van der Waals surface area (Å²) >= 11 is 0. The zero-order chi connectivity index (χ0) is 16.7. The van der Waals surface area contributed by atoms with Gasteiger partial charge in [0.05, 0.1) is 0 Å². The van der Waals surface area contributed by atoms with E-state index in [0.717, 1.165) is 44.9 Å². The van der Waals surface area contributed by atoms with E-state index in [4.69, 9.17) is 5.11 Å². The molecule has 22 heavy (non-hydrogen) atoms. The van der Waals surface area contributed by atoms with Gasteiger partial charge in [-0.3, -0.25) is 4.79 Å². The second kappa shape index (κ2) is 14.0. The third-order valence-corrected chi connectivity index (χ3v) is 4.15. The molecule has 0 fully saturated rings. The molecule has 0 spiro atoms. The number of hydrogen-bond acceptors (Lipinski definition) is 3.